The van der Waals surface area contributed by atoms with Gasteiger partial charge in [0.1, 0.15) is 18.2 Å². The second-order valence-corrected chi connectivity index (χ2v) is 3.83. The minimum absolute atomic E-state index is 0.180. The molecule has 1 heterocycles. The van der Waals surface area contributed by atoms with Crippen molar-refractivity contribution in [3.05, 3.63) is 42.0 Å². The minimum atomic E-state index is -1.82. The highest BCUT2D eigenvalue weighted by Crippen LogP contribution is 2.12. The van der Waals surface area contributed by atoms with Crippen LogP contribution in [0.4, 0.5) is 4.39 Å². The lowest BCUT2D eigenvalue weighted by Gasteiger charge is -2.06. The standard InChI is InChI=1S/C11H12BFN2O3/c1-15-5-4-8(14-15)7-18-9-2-3-10(12(16)17)11(13)6-9/h2-6,16-17H,7H2,1H3. The number of hydrogen-bond donors (Lipinski definition) is 2. The molecule has 0 aliphatic carbocycles. The molecule has 0 amide bonds. The Morgan fingerprint density at radius 2 is 2.17 bits per heavy atom. The highest BCUT2D eigenvalue weighted by Gasteiger charge is 2.16. The molecule has 1 aromatic heterocycles. The van der Waals surface area contributed by atoms with Crippen molar-refractivity contribution < 1.29 is 19.2 Å². The van der Waals surface area contributed by atoms with Crippen LogP contribution in [0.25, 0.3) is 0 Å². The lowest BCUT2D eigenvalue weighted by atomic mass is 9.80. The van der Waals surface area contributed by atoms with Crippen molar-refractivity contribution in [2.24, 2.45) is 7.05 Å². The third kappa shape index (κ3) is 2.88. The highest BCUT2D eigenvalue weighted by atomic mass is 19.1. The van der Waals surface area contributed by atoms with Crippen LogP contribution in [-0.2, 0) is 13.7 Å². The van der Waals surface area contributed by atoms with E-state index in [4.69, 9.17) is 14.8 Å². The van der Waals surface area contributed by atoms with Gasteiger partial charge in [0.25, 0.3) is 0 Å². The van der Waals surface area contributed by atoms with Gasteiger partial charge in [-0.25, -0.2) is 4.39 Å². The van der Waals surface area contributed by atoms with Gasteiger partial charge < -0.3 is 14.8 Å². The van der Waals surface area contributed by atoms with Crippen molar-refractivity contribution in [1.29, 1.82) is 0 Å². The maximum absolute atomic E-state index is 13.4. The van der Waals surface area contributed by atoms with E-state index >= 15 is 0 Å². The van der Waals surface area contributed by atoms with Crippen LogP contribution in [0.1, 0.15) is 5.69 Å². The number of aromatic nitrogens is 2. The zero-order chi connectivity index (χ0) is 13.1. The van der Waals surface area contributed by atoms with Crippen LogP contribution in [0, 0.1) is 5.82 Å². The van der Waals surface area contributed by atoms with E-state index in [-0.39, 0.29) is 12.1 Å². The van der Waals surface area contributed by atoms with Crippen molar-refractivity contribution in [2.45, 2.75) is 6.61 Å². The van der Waals surface area contributed by atoms with E-state index in [1.807, 2.05) is 0 Å². The molecule has 0 fully saturated rings. The second kappa shape index (κ2) is 5.20. The summed E-state index contributed by atoms with van der Waals surface area (Å²) in [7, 11) is -0.0320. The summed E-state index contributed by atoms with van der Waals surface area (Å²) in [6.45, 7) is 0.224. The predicted octanol–water partition coefficient (Wildman–Crippen LogP) is -0.182. The first-order valence-corrected chi connectivity index (χ1v) is 5.33. The van der Waals surface area contributed by atoms with Gasteiger partial charge in [0.2, 0.25) is 0 Å². The summed E-state index contributed by atoms with van der Waals surface area (Å²) in [6, 6.07) is 5.65. The van der Waals surface area contributed by atoms with E-state index in [0.29, 0.717) is 5.75 Å². The summed E-state index contributed by atoms with van der Waals surface area (Å²) < 4.78 is 20.4. The van der Waals surface area contributed by atoms with Crippen LogP contribution in [0.3, 0.4) is 0 Å². The molecule has 0 radical (unpaired) electrons. The molecule has 5 nitrogen and oxygen atoms in total. The van der Waals surface area contributed by atoms with E-state index in [0.717, 1.165) is 11.8 Å². The number of nitrogens with zero attached hydrogens (tertiary/aromatic N) is 2. The molecular formula is C11H12BFN2O3. The monoisotopic (exact) mass is 250 g/mol. The van der Waals surface area contributed by atoms with Gasteiger partial charge in [-0.15, -0.1) is 0 Å². The summed E-state index contributed by atoms with van der Waals surface area (Å²) in [5.74, 6) is -0.411. The van der Waals surface area contributed by atoms with Crippen LogP contribution in [0.2, 0.25) is 0 Å². The molecule has 2 aromatic rings. The van der Waals surface area contributed by atoms with Crippen molar-refractivity contribution >= 4 is 12.6 Å². The lowest BCUT2D eigenvalue weighted by Crippen LogP contribution is -2.32. The Morgan fingerprint density at radius 3 is 2.72 bits per heavy atom. The van der Waals surface area contributed by atoms with E-state index in [1.165, 1.54) is 12.1 Å². The maximum atomic E-state index is 13.4. The van der Waals surface area contributed by atoms with Crippen molar-refractivity contribution in [3.8, 4) is 5.75 Å². The number of benzene rings is 1. The molecule has 18 heavy (non-hydrogen) atoms. The van der Waals surface area contributed by atoms with Gasteiger partial charge in [-0.1, -0.05) is 6.07 Å². The average Bonchev–Trinajstić information content (AvgIpc) is 2.72. The van der Waals surface area contributed by atoms with Gasteiger partial charge in [-0.05, 0) is 12.1 Å². The van der Waals surface area contributed by atoms with Crippen LogP contribution >= 0.6 is 0 Å². The summed E-state index contributed by atoms with van der Waals surface area (Å²) in [4.78, 5) is 0. The molecule has 7 heteroatoms. The Hall–Kier alpha value is -1.86. The third-order valence-electron chi connectivity index (χ3n) is 2.41. The summed E-state index contributed by atoms with van der Waals surface area (Å²) >= 11 is 0. The quantitative estimate of drug-likeness (QED) is 0.738. The Labute approximate surface area is 104 Å². The molecule has 1 aromatic carbocycles. The Bertz CT molecular complexity index is 545. The summed E-state index contributed by atoms with van der Waals surface area (Å²) in [5.41, 5.74) is 0.546. The van der Waals surface area contributed by atoms with Crippen molar-refractivity contribution in [1.82, 2.24) is 9.78 Å². The largest absolute Gasteiger partial charge is 0.491 e. The maximum Gasteiger partial charge on any atom is 0.491 e. The van der Waals surface area contributed by atoms with Crippen molar-refractivity contribution in [3.63, 3.8) is 0 Å². The first-order chi connectivity index (χ1) is 8.56. The number of aryl methyl sites for hydroxylation is 1. The minimum Gasteiger partial charge on any atom is -0.487 e. The van der Waals surface area contributed by atoms with Gasteiger partial charge >= 0.3 is 7.12 Å². The smallest absolute Gasteiger partial charge is 0.487 e. The van der Waals surface area contributed by atoms with Gasteiger partial charge in [0.05, 0.1) is 5.69 Å². The summed E-state index contributed by atoms with van der Waals surface area (Å²) in [5, 5.41) is 21.8. The Kier molecular flexibility index (Phi) is 3.64. The van der Waals surface area contributed by atoms with E-state index in [2.05, 4.69) is 5.10 Å². The number of halogens is 1. The molecule has 0 spiro atoms. The van der Waals surface area contributed by atoms with Gasteiger partial charge in [0.15, 0.2) is 0 Å². The van der Waals surface area contributed by atoms with Crippen LogP contribution < -0.4 is 10.2 Å². The van der Waals surface area contributed by atoms with Gasteiger partial charge in [0, 0.05) is 24.8 Å². The zero-order valence-electron chi connectivity index (χ0n) is 9.75. The van der Waals surface area contributed by atoms with E-state index < -0.39 is 12.9 Å². The van der Waals surface area contributed by atoms with Crippen LogP contribution in [0.15, 0.2) is 30.5 Å². The SMILES string of the molecule is Cn1ccc(COc2ccc(B(O)O)c(F)c2)n1. The average molecular weight is 250 g/mol. The molecule has 0 atom stereocenters. The first-order valence-electron chi connectivity index (χ1n) is 5.33. The lowest BCUT2D eigenvalue weighted by molar-refractivity contribution is 0.298. The fraction of sp³-hybridized carbons (Fsp3) is 0.182. The molecule has 0 bridgehead atoms. The van der Waals surface area contributed by atoms with Crippen LogP contribution in [0.5, 0.6) is 5.75 Å². The Morgan fingerprint density at radius 1 is 1.39 bits per heavy atom. The molecular weight excluding hydrogens is 238 g/mol. The second-order valence-electron chi connectivity index (χ2n) is 3.83. The normalized spacial score (nSPS) is 10.4. The molecule has 0 unspecified atom stereocenters. The first kappa shape index (κ1) is 12.6. The zero-order valence-corrected chi connectivity index (χ0v) is 9.75. The molecule has 0 saturated carbocycles. The molecule has 2 N–H and O–H groups in total. The molecule has 0 aliphatic heterocycles. The molecule has 2 rings (SSSR count). The topological polar surface area (TPSA) is 67.5 Å². The van der Waals surface area contributed by atoms with Crippen molar-refractivity contribution in [2.75, 3.05) is 0 Å². The van der Waals surface area contributed by atoms with E-state index in [9.17, 15) is 4.39 Å². The van der Waals surface area contributed by atoms with Gasteiger partial charge in [-0.3, -0.25) is 4.68 Å². The fourth-order valence-corrected chi connectivity index (χ4v) is 1.50. The predicted molar refractivity (Wildman–Crippen MR) is 63.8 cm³/mol. The van der Waals surface area contributed by atoms with Crippen LogP contribution in [-0.4, -0.2) is 26.9 Å². The Balaban J connectivity index is 2.04. The molecule has 94 valence electrons. The van der Waals surface area contributed by atoms with E-state index in [1.54, 1.807) is 24.0 Å². The highest BCUT2D eigenvalue weighted by molar-refractivity contribution is 6.58. The summed E-state index contributed by atoms with van der Waals surface area (Å²) in [6.07, 6.45) is 1.78. The number of rotatable bonds is 4. The third-order valence-corrected chi connectivity index (χ3v) is 2.41. The van der Waals surface area contributed by atoms with Gasteiger partial charge in [-0.2, -0.15) is 5.10 Å². The number of hydrogen-bond acceptors (Lipinski definition) is 4. The number of ether oxygens (including phenoxy) is 1. The fourth-order valence-electron chi connectivity index (χ4n) is 1.50. The molecule has 0 aliphatic rings. The molecule has 0 saturated heterocycles.